The van der Waals surface area contributed by atoms with Crippen molar-refractivity contribution in [3.63, 3.8) is 0 Å². The Hall–Kier alpha value is -1.61. The maximum Gasteiger partial charge on any atom is 0.271 e. The van der Waals surface area contributed by atoms with Crippen LogP contribution in [0, 0.1) is 3.57 Å². The fourth-order valence-electron chi connectivity index (χ4n) is 1.65. The number of carbonyl (C=O) groups is 1. The van der Waals surface area contributed by atoms with Crippen molar-refractivity contribution >= 4 is 50.6 Å². The van der Waals surface area contributed by atoms with Gasteiger partial charge in [0.25, 0.3) is 5.91 Å². The summed E-state index contributed by atoms with van der Waals surface area (Å²) in [5.41, 5.74) is 3.34. The van der Waals surface area contributed by atoms with Crippen molar-refractivity contribution in [1.29, 1.82) is 0 Å². The third kappa shape index (κ3) is 4.20. The van der Waals surface area contributed by atoms with E-state index >= 15 is 0 Å². The first-order chi connectivity index (χ1) is 10.5. The Labute approximate surface area is 149 Å². The van der Waals surface area contributed by atoms with Crippen LogP contribution in [0.3, 0.4) is 0 Å². The van der Waals surface area contributed by atoms with E-state index in [1.54, 1.807) is 37.4 Å². The molecule has 7 heteroatoms. The number of nitrogens with one attached hydrogen (secondary N) is 1. The van der Waals surface area contributed by atoms with Crippen LogP contribution in [0.4, 0.5) is 0 Å². The van der Waals surface area contributed by atoms with E-state index in [0.717, 1.165) is 8.04 Å². The summed E-state index contributed by atoms with van der Waals surface area (Å²) in [7, 11) is 1.55. The number of aromatic hydroxyl groups is 1. The maximum atomic E-state index is 12.0. The molecule has 0 saturated carbocycles. The Morgan fingerprint density at radius 3 is 2.86 bits per heavy atom. The molecule has 0 aliphatic carbocycles. The van der Waals surface area contributed by atoms with E-state index in [0.29, 0.717) is 16.9 Å². The molecule has 0 fully saturated rings. The van der Waals surface area contributed by atoms with Gasteiger partial charge < -0.3 is 9.84 Å². The number of rotatable bonds is 4. The van der Waals surface area contributed by atoms with Crippen molar-refractivity contribution in [2.45, 2.75) is 0 Å². The highest BCUT2D eigenvalue weighted by Gasteiger charge is 2.08. The molecule has 114 valence electrons. The number of hydrazone groups is 1. The summed E-state index contributed by atoms with van der Waals surface area (Å²) in [5, 5.41) is 13.5. The van der Waals surface area contributed by atoms with Crippen LogP contribution >= 0.6 is 38.5 Å². The third-order valence-electron chi connectivity index (χ3n) is 2.77. The monoisotopic (exact) mass is 474 g/mol. The Balaban J connectivity index is 2.09. The molecule has 1 amide bonds. The van der Waals surface area contributed by atoms with Gasteiger partial charge in [-0.1, -0.05) is 15.9 Å². The third-order valence-corrected chi connectivity index (χ3v) is 4.16. The van der Waals surface area contributed by atoms with Crippen molar-refractivity contribution in [2.75, 3.05) is 7.11 Å². The fourth-order valence-corrected chi connectivity index (χ4v) is 2.59. The average Bonchev–Trinajstić information content (AvgIpc) is 2.51. The SMILES string of the molecule is COc1cc(C(=O)N/N=C/c2cc(Br)ccc2O)ccc1I. The van der Waals surface area contributed by atoms with E-state index in [1.165, 1.54) is 12.3 Å². The lowest BCUT2D eigenvalue weighted by molar-refractivity contribution is 0.0954. The Bertz CT molecular complexity index is 735. The minimum atomic E-state index is -0.361. The van der Waals surface area contributed by atoms with E-state index in [4.69, 9.17) is 4.74 Å². The zero-order valence-corrected chi connectivity index (χ0v) is 15.3. The standard InChI is InChI=1S/C15H12BrIN2O3/c1-22-14-7-9(2-4-12(14)17)15(21)19-18-8-10-6-11(16)3-5-13(10)20/h2-8,20H,1H3,(H,19,21)/b18-8+. The minimum Gasteiger partial charge on any atom is -0.507 e. The van der Waals surface area contributed by atoms with Gasteiger partial charge >= 0.3 is 0 Å². The van der Waals surface area contributed by atoms with Gasteiger partial charge in [-0.05, 0) is 59.0 Å². The van der Waals surface area contributed by atoms with Crippen LogP contribution in [-0.2, 0) is 0 Å². The molecule has 0 aliphatic heterocycles. The Kier molecular flexibility index (Phi) is 5.78. The zero-order chi connectivity index (χ0) is 16.1. The highest BCUT2D eigenvalue weighted by atomic mass is 127. The van der Waals surface area contributed by atoms with Crippen LogP contribution < -0.4 is 10.2 Å². The number of phenols is 1. The van der Waals surface area contributed by atoms with Crippen molar-refractivity contribution in [2.24, 2.45) is 5.10 Å². The highest BCUT2D eigenvalue weighted by Crippen LogP contribution is 2.22. The van der Waals surface area contributed by atoms with Gasteiger partial charge in [0.2, 0.25) is 0 Å². The second-order valence-electron chi connectivity index (χ2n) is 4.25. The molecule has 0 radical (unpaired) electrons. The molecule has 0 aromatic heterocycles. The lowest BCUT2D eigenvalue weighted by Gasteiger charge is -2.05. The summed E-state index contributed by atoms with van der Waals surface area (Å²) in [5.74, 6) is 0.347. The topological polar surface area (TPSA) is 70.9 Å². The zero-order valence-electron chi connectivity index (χ0n) is 11.5. The number of hydrogen-bond donors (Lipinski definition) is 2. The number of phenolic OH excluding ortho intramolecular Hbond substituents is 1. The normalized spacial score (nSPS) is 10.7. The van der Waals surface area contributed by atoms with Gasteiger partial charge in [-0.15, -0.1) is 0 Å². The molecule has 2 rings (SSSR count). The molecule has 0 atom stereocenters. The largest absolute Gasteiger partial charge is 0.507 e. The number of methoxy groups -OCH3 is 1. The van der Waals surface area contributed by atoms with Crippen LogP contribution in [0.25, 0.3) is 0 Å². The Morgan fingerprint density at radius 2 is 2.14 bits per heavy atom. The molecule has 0 saturated heterocycles. The van der Waals surface area contributed by atoms with E-state index in [1.807, 2.05) is 0 Å². The molecule has 2 N–H and O–H groups in total. The number of halogens is 2. The number of hydrogen-bond acceptors (Lipinski definition) is 4. The van der Waals surface area contributed by atoms with Crippen molar-refractivity contribution < 1.29 is 14.6 Å². The fraction of sp³-hybridized carbons (Fsp3) is 0.0667. The smallest absolute Gasteiger partial charge is 0.271 e. The second-order valence-corrected chi connectivity index (χ2v) is 6.33. The summed E-state index contributed by atoms with van der Waals surface area (Å²) in [6.07, 6.45) is 1.38. The summed E-state index contributed by atoms with van der Waals surface area (Å²) >= 11 is 5.43. The van der Waals surface area contributed by atoms with Crippen LogP contribution in [0.2, 0.25) is 0 Å². The number of ether oxygens (including phenoxy) is 1. The van der Waals surface area contributed by atoms with Gasteiger partial charge in [0.1, 0.15) is 11.5 Å². The molecule has 5 nitrogen and oxygen atoms in total. The van der Waals surface area contributed by atoms with E-state index in [2.05, 4.69) is 49.0 Å². The maximum absolute atomic E-state index is 12.0. The average molecular weight is 475 g/mol. The van der Waals surface area contributed by atoms with Gasteiger partial charge in [-0.25, -0.2) is 5.43 Å². The number of carbonyl (C=O) groups excluding carboxylic acids is 1. The van der Waals surface area contributed by atoms with Crippen LogP contribution in [0.5, 0.6) is 11.5 Å². The molecule has 0 unspecified atom stereocenters. The molecule has 0 bridgehead atoms. The number of amides is 1. The summed E-state index contributed by atoms with van der Waals surface area (Å²) in [6, 6.07) is 10.1. The number of benzene rings is 2. The predicted molar refractivity (Wildman–Crippen MR) is 96.6 cm³/mol. The minimum absolute atomic E-state index is 0.0807. The molecule has 0 heterocycles. The van der Waals surface area contributed by atoms with E-state index in [-0.39, 0.29) is 11.7 Å². The van der Waals surface area contributed by atoms with Crippen molar-refractivity contribution in [3.05, 3.63) is 55.6 Å². The first-order valence-electron chi connectivity index (χ1n) is 6.16. The molecule has 0 aliphatic rings. The summed E-state index contributed by atoms with van der Waals surface area (Å²) < 4.78 is 6.90. The number of nitrogens with zero attached hydrogens (tertiary/aromatic N) is 1. The van der Waals surface area contributed by atoms with Crippen LogP contribution in [0.1, 0.15) is 15.9 Å². The second kappa shape index (κ2) is 7.59. The molecule has 2 aromatic rings. The van der Waals surface area contributed by atoms with Gasteiger partial charge in [0, 0.05) is 15.6 Å². The first-order valence-corrected chi connectivity index (χ1v) is 8.04. The lowest BCUT2D eigenvalue weighted by Crippen LogP contribution is -2.17. The predicted octanol–water partition coefficient (Wildman–Crippen LogP) is 3.53. The summed E-state index contributed by atoms with van der Waals surface area (Å²) in [4.78, 5) is 12.0. The quantitative estimate of drug-likeness (QED) is 0.404. The molecular formula is C15H12BrIN2O3. The van der Waals surface area contributed by atoms with Crippen LogP contribution in [0.15, 0.2) is 46.0 Å². The Morgan fingerprint density at radius 1 is 1.36 bits per heavy atom. The van der Waals surface area contributed by atoms with Gasteiger partial charge in [-0.2, -0.15) is 5.10 Å². The van der Waals surface area contributed by atoms with E-state index < -0.39 is 0 Å². The molecule has 22 heavy (non-hydrogen) atoms. The van der Waals surface area contributed by atoms with Crippen LogP contribution in [-0.4, -0.2) is 24.3 Å². The lowest BCUT2D eigenvalue weighted by atomic mass is 10.2. The molecule has 2 aromatic carbocycles. The van der Waals surface area contributed by atoms with Gasteiger partial charge in [0.15, 0.2) is 0 Å². The molecule has 0 spiro atoms. The van der Waals surface area contributed by atoms with Gasteiger partial charge in [0.05, 0.1) is 16.9 Å². The highest BCUT2D eigenvalue weighted by molar-refractivity contribution is 14.1. The van der Waals surface area contributed by atoms with E-state index in [9.17, 15) is 9.90 Å². The molecular weight excluding hydrogens is 463 g/mol. The van der Waals surface area contributed by atoms with Crippen molar-refractivity contribution in [1.82, 2.24) is 5.43 Å². The van der Waals surface area contributed by atoms with Gasteiger partial charge in [-0.3, -0.25) is 4.79 Å². The summed E-state index contributed by atoms with van der Waals surface area (Å²) in [6.45, 7) is 0. The van der Waals surface area contributed by atoms with Crippen molar-refractivity contribution in [3.8, 4) is 11.5 Å². The first kappa shape index (κ1) is 16.8.